The molecule has 1 aliphatic rings. The van der Waals surface area contributed by atoms with E-state index in [1.54, 1.807) is 30.3 Å². The van der Waals surface area contributed by atoms with Crippen LogP contribution >= 0.6 is 58.0 Å². The smallest absolute Gasteiger partial charge is 0.191 e. The van der Waals surface area contributed by atoms with Crippen LogP contribution in [0.3, 0.4) is 0 Å². The van der Waals surface area contributed by atoms with Crippen LogP contribution in [0.25, 0.3) is 14.5 Å². The maximum absolute atomic E-state index is 13.4. The molecule has 424 valence electrons. The monoisotopic (exact) mass is 1200 g/mol. The first-order chi connectivity index (χ1) is 39.2. The number of benzene rings is 6. The first-order valence-corrected chi connectivity index (χ1v) is 28.3. The number of nitrogens with zero attached hydrogens (tertiary/aromatic N) is 9. The lowest BCUT2D eigenvalue weighted by molar-refractivity contribution is 0.598. The molecule has 0 spiro atoms. The molecule has 0 heterocycles. The fourth-order valence-corrected chi connectivity index (χ4v) is 11.0. The van der Waals surface area contributed by atoms with E-state index in [2.05, 4.69) is 72.6 Å². The highest BCUT2D eigenvalue weighted by Crippen LogP contribution is 2.44. The van der Waals surface area contributed by atoms with E-state index in [1.165, 1.54) is 42.7 Å². The molecule has 7 rings (SSSR count). The number of halogens is 6. The Morgan fingerprint density at radius 1 is 0.434 bits per heavy atom. The van der Waals surface area contributed by atoms with Crippen molar-refractivity contribution in [2.24, 2.45) is 5.73 Å². The molecule has 1 aliphatic carbocycles. The molecule has 0 amide bonds. The summed E-state index contributed by atoms with van der Waals surface area (Å²) in [4.78, 5) is 9.59. The number of rotatable bonds is 8. The minimum atomic E-state index is -0.468. The largest absolute Gasteiger partial charge is 0.326 e. The topological polar surface area (TPSA) is 182 Å². The van der Waals surface area contributed by atoms with Crippen molar-refractivity contribution in [3.8, 4) is 36.4 Å². The molecule has 0 aromatic heterocycles. The highest BCUT2D eigenvalue weighted by Gasteiger charge is 2.25. The highest BCUT2D eigenvalue weighted by atomic mass is 35.5. The maximum Gasteiger partial charge on any atom is 0.191 e. The zero-order valence-electron chi connectivity index (χ0n) is 48.5. The molecule has 6 aromatic carbocycles. The van der Waals surface area contributed by atoms with E-state index >= 15 is 0 Å². The standard InChI is InChI=1S/C12H14Cl2.C12H9N3.C11H9ClN2.C11H9FN2.C11H10N2.C10H13Cl2N/c1-7(2)12-10(13)5-9(6-11(12)14)8-3-4-8;1-8(2)12-9(6-13)4-11(15-3)5-10(12)7-14;2*1-7(2)11-8(6-13)4-9(14-3)5-10(11)12;1-8(2)11-9(6-12)4-3-5-10(11)7-13;1-6(2)10-8(11)3-7(5-13)4-9(10)12/h5-8H,3-4H2,1-2H3;4-5,8H,1-2H3;2*4-5,7H,1-2H3;3-5,8H,1-2H3;3-4,6H,5,13H2,1-2H3. The van der Waals surface area contributed by atoms with E-state index in [0.29, 0.717) is 84.1 Å². The zero-order valence-corrected chi connectivity index (χ0v) is 52.3. The molecule has 0 radical (unpaired) electrons. The van der Waals surface area contributed by atoms with Gasteiger partial charge in [0, 0.05) is 59.5 Å². The van der Waals surface area contributed by atoms with Crippen molar-refractivity contribution in [3.05, 3.63) is 222 Å². The average molecular weight is 1210 g/mol. The number of hydrogen-bond acceptors (Lipinski definition) is 7. The summed E-state index contributed by atoms with van der Waals surface area (Å²) < 4.78 is 13.4. The summed E-state index contributed by atoms with van der Waals surface area (Å²) in [7, 11) is 0. The van der Waals surface area contributed by atoms with Crippen LogP contribution in [0.5, 0.6) is 0 Å². The molecule has 83 heavy (non-hydrogen) atoms. The van der Waals surface area contributed by atoms with Gasteiger partial charge in [-0.3, -0.25) is 0 Å². The predicted molar refractivity (Wildman–Crippen MR) is 335 cm³/mol. The van der Waals surface area contributed by atoms with Gasteiger partial charge in [-0.05, 0) is 166 Å². The van der Waals surface area contributed by atoms with Crippen LogP contribution in [0.1, 0.15) is 215 Å². The summed E-state index contributed by atoms with van der Waals surface area (Å²) in [5.74, 6) is 1.44. The highest BCUT2D eigenvalue weighted by molar-refractivity contribution is 6.37. The Balaban J connectivity index is 0.000000340. The van der Waals surface area contributed by atoms with Crippen molar-refractivity contribution in [1.82, 2.24) is 0 Å². The third-order valence-corrected chi connectivity index (χ3v) is 14.2. The van der Waals surface area contributed by atoms with Gasteiger partial charge >= 0.3 is 0 Å². The summed E-state index contributed by atoms with van der Waals surface area (Å²) in [6.45, 7) is 44.7. The molecule has 0 bridgehead atoms. The summed E-state index contributed by atoms with van der Waals surface area (Å²) >= 11 is 30.6. The zero-order chi connectivity index (χ0) is 63.0. The van der Waals surface area contributed by atoms with Gasteiger partial charge in [-0.15, -0.1) is 0 Å². The summed E-state index contributed by atoms with van der Waals surface area (Å²) in [6.07, 6.45) is 2.57. The van der Waals surface area contributed by atoms with E-state index in [4.69, 9.17) is 115 Å². The molecule has 0 unspecified atom stereocenters. The van der Waals surface area contributed by atoms with Gasteiger partial charge in [0.05, 0.1) is 67.3 Å². The fourth-order valence-electron chi connectivity index (χ4n) is 8.70. The van der Waals surface area contributed by atoms with E-state index in [1.807, 2.05) is 85.7 Å². The van der Waals surface area contributed by atoms with Crippen LogP contribution in [0.2, 0.25) is 25.1 Å². The summed E-state index contributed by atoms with van der Waals surface area (Å²) in [6, 6.07) is 34.2. The van der Waals surface area contributed by atoms with Crippen LogP contribution in [0, 0.1) is 93.5 Å². The first-order valence-electron chi connectivity index (χ1n) is 26.4. The number of hydrogen-bond donors (Lipinski definition) is 1. The van der Waals surface area contributed by atoms with Crippen molar-refractivity contribution in [1.29, 1.82) is 31.6 Å². The van der Waals surface area contributed by atoms with Gasteiger partial charge in [-0.2, -0.15) is 31.6 Å². The Kier molecular flexibility index (Phi) is 29.6. The molecule has 1 fully saturated rings. The molecule has 1 saturated carbocycles. The molecule has 0 saturated heterocycles. The van der Waals surface area contributed by atoms with E-state index in [0.717, 1.165) is 43.4 Å². The second-order valence-electron chi connectivity index (χ2n) is 20.8. The SMILES string of the molecule is CC(C)c1c(C#N)cccc1C#N.CC(C)c1c(Cl)cc(C2CC2)cc1Cl.CC(C)c1c(Cl)cc(CN)cc1Cl.[C-]#[N+]c1cc(C#N)c(C(C)C)c(C#N)c1.[C-]#[N+]c1cc(Cl)c(C(C)C)c(C#N)c1.[C-]#[N+]c1cc(F)c(C(C)C)c(C#N)c1. The molecular weight excluding hydrogens is 1140 g/mol. The molecule has 0 aliphatic heterocycles. The summed E-state index contributed by atoms with van der Waals surface area (Å²) in [5, 5.41) is 56.8. The Labute approximate surface area is 515 Å². The Hall–Kier alpha value is -7.93. The number of nitriles is 6. The predicted octanol–water partition coefficient (Wildman–Crippen LogP) is 21.5. The molecule has 0 atom stereocenters. The van der Waals surface area contributed by atoms with E-state index in [-0.39, 0.29) is 34.9 Å². The third-order valence-electron chi connectivity index (χ3n) is 12.6. The molecule has 2 N–H and O–H groups in total. The van der Waals surface area contributed by atoms with E-state index < -0.39 is 5.82 Å². The molecular formula is C67H64Cl5FN10. The van der Waals surface area contributed by atoms with Crippen molar-refractivity contribution < 1.29 is 4.39 Å². The van der Waals surface area contributed by atoms with Crippen LogP contribution < -0.4 is 5.73 Å². The normalized spacial score (nSPS) is 10.8. The van der Waals surface area contributed by atoms with Crippen molar-refractivity contribution >= 4 is 75.1 Å². The lowest BCUT2D eigenvalue weighted by Gasteiger charge is -2.12. The van der Waals surface area contributed by atoms with Crippen molar-refractivity contribution in [2.45, 2.75) is 144 Å². The second-order valence-corrected chi connectivity index (χ2v) is 22.8. The summed E-state index contributed by atoms with van der Waals surface area (Å²) in [5.41, 5.74) is 16.4. The van der Waals surface area contributed by atoms with Gasteiger partial charge in [0.1, 0.15) is 5.82 Å². The molecule has 6 aromatic rings. The lowest BCUT2D eigenvalue weighted by Crippen LogP contribution is -1.99. The minimum absolute atomic E-state index is 0.0515. The van der Waals surface area contributed by atoms with Gasteiger partial charge in [0.25, 0.3) is 0 Å². The maximum atomic E-state index is 13.4. The fraction of sp³-hybridized carbons (Fsp3) is 0.328. The van der Waals surface area contributed by atoms with Crippen molar-refractivity contribution in [3.63, 3.8) is 0 Å². The van der Waals surface area contributed by atoms with Gasteiger partial charge in [-0.1, -0.05) is 147 Å². The quantitative estimate of drug-likeness (QED) is 0.147. The third kappa shape index (κ3) is 20.5. The van der Waals surface area contributed by atoms with Crippen molar-refractivity contribution in [2.75, 3.05) is 0 Å². The van der Waals surface area contributed by atoms with E-state index in [9.17, 15) is 4.39 Å². The Bertz CT molecular complexity index is 3480. The first kappa shape index (κ1) is 71.2. The van der Waals surface area contributed by atoms with Gasteiger partial charge < -0.3 is 5.73 Å². The minimum Gasteiger partial charge on any atom is -0.326 e. The molecule has 10 nitrogen and oxygen atoms in total. The van der Waals surface area contributed by atoms with Crippen LogP contribution in [0.15, 0.2) is 78.9 Å². The Morgan fingerprint density at radius 3 is 1.04 bits per heavy atom. The molecule has 16 heteroatoms. The average Bonchev–Trinajstić information content (AvgIpc) is 4.42. The second kappa shape index (κ2) is 34.5. The lowest BCUT2D eigenvalue weighted by atomic mass is 9.92. The van der Waals surface area contributed by atoms with Crippen LogP contribution in [-0.4, -0.2) is 0 Å². The number of nitrogens with two attached hydrogens (primary N) is 1. The Morgan fingerprint density at radius 2 is 0.723 bits per heavy atom. The van der Waals surface area contributed by atoms with Gasteiger partial charge in [0.15, 0.2) is 17.1 Å². The van der Waals surface area contributed by atoms with Gasteiger partial charge in [-0.25, -0.2) is 18.9 Å². The van der Waals surface area contributed by atoms with Gasteiger partial charge in [0.2, 0.25) is 0 Å². The van der Waals surface area contributed by atoms with Crippen LogP contribution in [0.4, 0.5) is 21.5 Å². The van der Waals surface area contributed by atoms with Crippen LogP contribution in [-0.2, 0) is 6.54 Å².